The van der Waals surface area contributed by atoms with E-state index in [0.717, 1.165) is 35.3 Å². The first kappa shape index (κ1) is 15.5. The van der Waals surface area contributed by atoms with E-state index in [1.807, 2.05) is 6.07 Å². The summed E-state index contributed by atoms with van der Waals surface area (Å²) in [5.74, 6) is 1.14. The van der Waals surface area contributed by atoms with Crippen molar-refractivity contribution in [2.45, 2.75) is 39.2 Å². The van der Waals surface area contributed by atoms with E-state index >= 15 is 0 Å². The van der Waals surface area contributed by atoms with Crippen LogP contribution in [0.15, 0.2) is 48.0 Å². The van der Waals surface area contributed by atoms with Crippen LogP contribution in [0.3, 0.4) is 0 Å². The molecule has 2 N–H and O–H groups in total. The highest BCUT2D eigenvalue weighted by Crippen LogP contribution is 2.48. The van der Waals surface area contributed by atoms with Crippen molar-refractivity contribution in [2.75, 3.05) is 0 Å². The predicted octanol–water partition coefficient (Wildman–Crippen LogP) is 5.12. The third kappa shape index (κ3) is 2.91. The fourth-order valence-electron chi connectivity index (χ4n) is 3.15. The van der Waals surface area contributed by atoms with Gasteiger partial charge in [0.25, 0.3) is 0 Å². The van der Waals surface area contributed by atoms with Crippen LogP contribution in [0.1, 0.15) is 39.2 Å². The minimum Gasteiger partial charge on any atom is -0.508 e. The van der Waals surface area contributed by atoms with Crippen molar-refractivity contribution >= 4 is 0 Å². The SMILES string of the molecule is CC(C)=CCCC1(C)Oc2ccc(O)cc2-c2cc(O)ccc21. The van der Waals surface area contributed by atoms with Gasteiger partial charge in [0, 0.05) is 11.1 Å². The topological polar surface area (TPSA) is 49.7 Å². The first-order valence-corrected chi connectivity index (χ1v) is 7.88. The van der Waals surface area contributed by atoms with Crippen molar-refractivity contribution in [2.24, 2.45) is 0 Å². The smallest absolute Gasteiger partial charge is 0.132 e. The highest BCUT2D eigenvalue weighted by Gasteiger charge is 2.36. The van der Waals surface area contributed by atoms with Gasteiger partial charge in [-0.2, -0.15) is 0 Å². The Balaban J connectivity index is 2.09. The molecule has 1 atom stereocenters. The summed E-state index contributed by atoms with van der Waals surface area (Å²) in [6.07, 6.45) is 3.98. The minimum absolute atomic E-state index is 0.190. The lowest BCUT2D eigenvalue weighted by Crippen LogP contribution is -2.32. The van der Waals surface area contributed by atoms with Crippen LogP contribution in [0.2, 0.25) is 0 Å². The number of phenols is 2. The van der Waals surface area contributed by atoms with E-state index in [1.165, 1.54) is 5.57 Å². The first-order chi connectivity index (χ1) is 10.9. The summed E-state index contributed by atoms with van der Waals surface area (Å²) in [6.45, 7) is 6.26. The molecule has 0 bridgehead atoms. The number of benzene rings is 2. The number of ether oxygens (including phenoxy) is 1. The Labute approximate surface area is 136 Å². The molecule has 0 spiro atoms. The van der Waals surface area contributed by atoms with Gasteiger partial charge in [0.2, 0.25) is 0 Å². The van der Waals surface area contributed by atoms with E-state index in [4.69, 9.17) is 4.74 Å². The summed E-state index contributed by atoms with van der Waals surface area (Å²) in [4.78, 5) is 0. The molecule has 1 unspecified atom stereocenters. The molecule has 23 heavy (non-hydrogen) atoms. The molecule has 2 aromatic rings. The van der Waals surface area contributed by atoms with Gasteiger partial charge in [0.05, 0.1) is 0 Å². The molecule has 0 fully saturated rings. The highest BCUT2D eigenvalue weighted by molar-refractivity contribution is 5.78. The molecule has 120 valence electrons. The lowest BCUT2D eigenvalue weighted by Gasteiger charge is -2.38. The molecule has 0 radical (unpaired) electrons. The van der Waals surface area contributed by atoms with Crippen LogP contribution in [-0.2, 0) is 5.60 Å². The second-order valence-corrected chi connectivity index (χ2v) is 6.56. The largest absolute Gasteiger partial charge is 0.508 e. The van der Waals surface area contributed by atoms with Crippen LogP contribution in [0.25, 0.3) is 11.1 Å². The highest BCUT2D eigenvalue weighted by atomic mass is 16.5. The van der Waals surface area contributed by atoms with E-state index in [1.54, 1.807) is 30.3 Å². The Morgan fingerprint density at radius 3 is 2.39 bits per heavy atom. The lowest BCUT2D eigenvalue weighted by atomic mass is 9.82. The molecule has 3 nitrogen and oxygen atoms in total. The molecule has 3 heteroatoms. The molecule has 1 heterocycles. The molecule has 2 aromatic carbocycles. The lowest BCUT2D eigenvalue weighted by molar-refractivity contribution is 0.0750. The van der Waals surface area contributed by atoms with Gasteiger partial charge in [-0.25, -0.2) is 0 Å². The zero-order valence-corrected chi connectivity index (χ0v) is 13.8. The normalized spacial score (nSPS) is 18.6. The molecular formula is C20H22O3. The van der Waals surface area contributed by atoms with Gasteiger partial charge in [0.15, 0.2) is 0 Å². The Kier molecular flexibility index (Phi) is 3.80. The molecule has 0 aromatic heterocycles. The van der Waals surface area contributed by atoms with Gasteiger partial charge in [-0.15, -0.1) is 0 Å². The van der Waals surface area contributed by atoms with Gasteiger partial charge >= 0.3 is 0 Å². The summed E-state index contributed by atoms with van der Waals surface area (Å²) in [7, 11) is 0. The summed E-state index contributed by atoms with van der Waals surface area (Å²) in [6, 6.07) is 10.5. The Bertz CT molecular complexity index is 772. The predicted molar refractivity (Wildman–Crippen MR) is 91.9 cm³/mol. The van der Waals surface area contributed by atoms with E-state index in [-0.39, 0.29) is 11.5 Å². The summed E-state index contributed by atoms with van der Waals surface area (Å²) in [5.41, 5.74) is 3.60. The number of hydrogen-bond acceptors (Lipinski definition) is 3. The fourth-order valence-corrected chi connectivity index (χ4v) is 3.15. The standard InChI is InChI=1S/C20H22O3/c1-13(2)5-4-10-20(3)18-8-6-14(21)11-16(18)17-12-15(22)7-9-19(17)23-20/h5-9,11-12,21-22H,4,10H2,1-3H3. The van der Waals surface area contributed by atoms with E-state index in [2.05, 4.69) is 26.8 Å². The van der Waals surface area contributed by atoms with Crippen molar-refractivity contribution in [1.82, 2.24) is 0 Å². The van der Waals surface area contributed by atoms with Crippen LogP contribution in [0.5, 0.6) is 17.2 Å². The van der Waals surface area contributed by atoms with Gasteiger partial charge in [0.1, 0.15) is 22.8 Å². The van der Waals surface area contributed by atoms with Crippen LogP contribution < -0.4 is 4.74 Å². The molecule has 0 saturated heterocycles. The first-order valence-electron chi connectivity index (χ1n) is 7.88. The number of fused-ring (bicyclic) bond motifs is 3. The van der Waals surface area contributed by atoms with Crippen molar-refractivity contribution in [1.29, 1.82) is 0 Å². The molecule has 1 aliphatic rings. The molecule has 0 aliphatic carbocycles. The van der Waals surface area contributed by atoms with Crippen LogP contribution in [-0.4, -0.2) is 10.2 Å². The second kappa shape index (κ2) is 5.65. The summed E-state index contributed by atoms with van der Waals surface area (Å²) in [5, 5.41) is 19.7. The zero-order chi connectivity index (χ0) is 16.6. The fraction of sp³-hybridized carbons (Fsp3) is 0.300. The quantitative estimate of drug-likeness (QED) is 0.774. The minimum atomic E-state index is -0.459. The van der Waals surface area contributed by atoms with Crippen LogP contribution in [0, 0.1) is 0 Å². The van der Waals surface area contributed by atoms with Crippen LogP contribution >= 0.6 is 0 Å². The molecule has 3 rings (SSSR count). The van der Waals surface area contributed by atoms with Gasteiger partial charge < -0.3 is 14.9 Å². The van der Waals surface area contributed by atoms with Crippen LogP contribution in [0.4, 0.5) is 0 Å². The molecule has 0 saturated carbocycles. The zero-order valence-electron chi connectivity index (χ0n) is 13.8. The number of hydrogen-bond donors (Lipinski definition) is 2. The summed E-state index contributed by atoms with van der Waals surface area (Å²) < 4.78 is 6.30. The number of aromatic hydroxyl groups is 2. The number of rotatable bonds is 3. The third-order valence-electron chi connectivity index (χ3n) is 4.34. The average Bonchev–Trinajstić information content (AvgIpc) is 2.48. The van der Waals surface area contributed by atoms with Crippen molar-refractivity contribution in [3.05, 3.63) is 53.6 Å². The van der Waals surface area contributed by atoms with Crippen molar-refractivity contribution < 1.29 is 14.9 Å². The van der Waals surface area contributed by atoms with Gasteiger partial charge in [-0.05, 0) is 69.5 Å². The summed E-state index contributed by atoms with van der Waals surface area (Å²) >= 11 is 0. The molecular weight excluding hydrogens is 288 g/mol. The van der Waals surface area contributed by atoms with Crippen molar-refractivity contribution in [3.8, 4) is 28.4 Å². The van der Waals surface area contributed by atoms with E-state index < -0.39 is 5.60 Å². The Hall–Kier alpha value is -2.42. The van der Waals surface area contributed by atoms with E-state index in [0.29, 0.717) is 0 Å². The Morgan fingerprint density at radius 1 is 1.04 bits per heavy atom. The van der Waals surface area contributed by atoms with E-state index in [9.17, 15) is 10.2 Å². The monoisotopic (exact) mass is 310 g/mol. The Morgan fingerprint density at radius 2 is 1.70 bits per heavy atom. The maximum absolute atomic E-state index is 9.89. The van der Waals surface area contributed by atoms with Gasteiger partial charge in [-0.3, -0.25) is 0 Å². The maximum Gasteiger partial charge on any atom is 0.132 e. The third-order valence-corrected chi connectivity index (χ3v) is 4.34. The maximum atomic E-state index is 9.89. The second-order valence-electron chi connectivity index (χ2n) is 6.56. The average molecular weight is 310 g/mol. The number of phenolic OH excluding ortho intramolecular Hbond substituents is 2. The van der Waals surface area contributed by atoms with Crippen molar-refractivity contribution in [3.63, 3.8) is 0 Å². The number of allylic oxidation sites excluding steroid dienone is 2. The van der Waals surface area contributed by atoms with Gasteiger partial charge in [-0.1, -0.05) is 17.7 Å². The molecule has 0 amide bonds. The molecule has 1 aliphatic heterocycles.